The quantitative estimate of drug-likeness (QED) is 0.632. The summed E-state index contributed by atoms with van der Waals surface area (Å²) in [6, 6.07) is 3.44. The maximum absolute atomic E-state index is 12.2. The number of nitrogens with one attached hydrogen (secondary N) is 2. The van der Waals surface area contributed by atoms with Gasteiger partial charge in [0.2, 0.25) is 10.0 Å². The maximum atomic E-state index is 12.2. The number of benzene rings is 1. The van der Waals surface area contributed by atoms with Gasteiger partial charge in [0, 0.05) is 0 Å². The monoisotopic (exact) mass is 334 g/mol. The third-order valence-electron chi connectivity index (χ3n) is 3.23. The molecule has 0 aliphatic carbocycles. The molecule has 0 atom stereocenters. The number of carboxylic acid groups (broad SMARTS) is 1. The summed E-state index contributed by atoms with van der Waals surface area (Å²) in [5, 5.41) is 10.8. The molecule has 0 aliphatic rings. The number of aromatic carboxylic acids is 1. The van der Waals surface area contributed by atoms with Crippen molar-refractivity contribution in [2.45, 2.75) is 18.7 Å². The average Bonchev–Trinajstić information content (AvgIpc) is 2.43. The highest BCUT2D eigenvalue weighted by Crippen LogP contribution is 2.22. The summed E-state index contributed by atoms with van der Waals surface area (Å²) in [5.74, 6) is -1.45. The smallest absolute Gasteiger partial charge is 0.242 e. The zero-order valence-corrected chi connectivity index (χ0v) is 13.6. The molecular weight excluding hydrogens is 316 g/mol. The Morgan fingerprint density at radius 1 is 1.33 bits per heavy atom. The summed E-state index contributed by atoms with van der Waals surface area (Å²) in [5.41, 5.74) is -0.228. The third-order valence-corrected chi connectivity index (χ3v) is 5.17. The standard InChI is InChI=1S/C13H19ClN2O4S/c1-3-16(4-2)8-7-15-21(19,20)12-9-10(13(17)18)5-6-11(12)14/h5-6,9,15H,3-4,7-8H2,1-2H3,(H,17,18). The van der Waals surface area contributed by atoms with Crippen LogP contribution in [0.4, 0.5) is 0 Å². The van der Waals surface area contributed by atoms with Gasteiger partial charge in [0.15, 0.2) is 0 Å². The number of likely N-dealkylation sites (N-methyl/N-ethyl adjacent to an activating group) is 1. The lowest BCUT2D eigenvalue weighted by atomic mass is 10.2. The lowest BCUT2D eigenvalue weighted by Gasteiger charge is -2.16. The van der Waals surface area contributed by atoms with Crippen LogP contribution in [0, 0.1) is 0 Å². The summed E-state index contributed by atoms with van der Waals surface area (Å²) in [6.45, 7) is 6.74. The van der Waals surface area contributed by atoms with E-state index in [4.69, 9.17) is 11.6 Å². The van der Waals surface area contributed by atoms with Gasteiger partial charge in [-0.05, 0) is 31.5 Å². The van der Waals surface area contributed by atoms with Gasteiger partial charge in [-0.3, -0.25) is 0 Å². The molecule has 2 N–H and O–H groups in total. The second-order valence-electron chi connectivity index (χ2n) is 4.54. The van der Waals surface area contributed by atoms with Crippen LogP contribution in [0.15, 0.2) is 23.1 Å². The number of hydrogen-bond donors (Lipinski definition) is 2. The molecule has 0 aliphatic heterocycles. The van der Waals surface area contributed by atoms with E-state index in [-0.39, 0.29) is 22.0 Å². The molecule has 0 spiro atoms. The second kappa shape index (κ2) is 7.74. The fourth-order valence-corrected chi connectivity index (χ4v) is 3.44. The number of quaternary nitrogens is 1. The number of rotatable bonds is 8. The Bertz CT molecular complexity index is 600. The molecule has 1 aromatic rings. The van der Waals surface area contributed by atoms with Crippen molar-refractivity contribution < 1.29 is 23.2 Å². The topological polar surface area (TPSA) is 90.7 Å². The number of halogens is 1. The Balaban J connectivity index is 2.87. The number of sulfonamides is 1. The van der Waals surface area contributed by atoms with Crippen LogP contribution in [-0.4, -0.2) is 40.6 Å². The zero-order chi connectivity index (χ0) is 16.0. The molecule has 0 amide bonds. The summed E-state index contributed by atoms with van der Waals surface area (Å²) in [4.78, 5) is 11.8. The molecule has 0 unspecified atom stereocenters. The molecule has 21 heavy (non-hydrogen) atoms. The van der Waals surface area contributed by atoms with E-state index in [0.717, 1.165) is 19.2 Å². The predicted molar refractivity (Wildman–Crippen MR) is 77.9 cm³/mol. The van der Waals surface area contributed by atoms with Crippen LogP contribution in [-0.2, 0) is 10.0 Å². The highest BCUT2D eigenvalue weighted by molar-refractivity contribution is 7.89. The predicted octanol–water partition coefficient (Wildman–Crippen LogP) is -1.09. The largest absolute Gasteiger partial charge is 0.545 e. The Labute approximate surface area is 129 Å². The first-order valence-electron chi connectivity index (χ1n) is 6.66. The normalized spacial score (nSPS) is 11.8. The van der Waals surface area contributed by atoms with Crippen LogP contribution in [0.5, 0.6) is 0 Å². The molecule has 0 heterocycles. The number of carbonyl (C=O) groups is 1. The van der Waals surface area contributed by atoms with Crippen LogP contribution in [0.2, 0.25) is 5.02 Å². The Kier molecular flexibility index (Phi) is 6.60. The molecule has 0 bridgehead atoms. The van der Waals surface area contributed by atoms with Crippen molar-refractivity contribution in [3.05, 3.63) is 28.8 Å². The van der Waals surface area contributed by atoms with Crippen LogP contribution in [0.1, 0.15) is 24.2 Å². The fraction of sp³-hybridized carbons (Fsp3) is 0.462. The van der Waals surface area contributed by atoms with E-state index in [1.165, 1.54) is 17.0 Å². The third kappa shape index (κ3) is 4.96. The first-order chi connectivity index (χ1) is 9.81. The minimum atomic E-state index is -3.85. The van der Waals surface area contributed by atoms with Crippen molar-refractivity contribution >= 4 is 27.6 Å². The van der Waals surface area contributed by atoms with E-state index < -0.39 is 16.0 Å². The van der Waals surface area contributed by atoms with Crippen molar-refractivity contribution in [1.82, 2.24) is 4.72 Å². The van der Waals surface area contributed by atoms with Crippen molar-refractivity contribution in [3.8, 4) is 0 Å². The van der Waals surface area contributed by atoms with Crippen LogP contribution >= 0.6 is 11.6 Å². The van der Waals surface area contributed by atoms with Gasteiger partial charge >= 0.3 is 0 Å². The minimum absolute atomic E-state index is 0.0253. The van der Waals surface area contributed by atoms with E-state index >= 15 is 0 Å². The first-order valence-corrected chi connectivity index (χ1v) is 8.52. The molecule has 0 saturated carbocycles. The molecule has 1 aromatic carbocycles. The van der Waals surface area contributed by atoms with Gasteiger partial charge in [0.1, 0.15) is 4.90 Å². The van der Waals surface area contributed by atoms with Crippen molar-refractivity contribution in [3.63, 3.8) is 0 Å². The lowest BCUT2D eigenvalue weighted by molar-refractivity contribution is -0.895. The fourth-order valence-electron chi connectivity index (χ4n) is 1.88. The SMILES string of the molecule is CC[NH+](CC)CCNS(=O)(=O)c1cc(C(=O)[O-])ccc1Cl. The molecule has 8 heteroatoms. The van der Waals surface area contributed by atoms with Crippen molar-refractivity contribution in [2.24, 2.45) is 0 Å². The van der Waals surface area contributed by atoms with E-state index in [2.05, 4.69) is 4.72 Å². The van der Waals surface area contributed by atoms with Gasteiger partial charge in [-0.25, -0.2) is 13.1 Å². The summed E-state index contributed by atoms with van der Waals surface area (Å²) in [7, 11) is -3.85. The van der Waals surface area contributed by atoms with E-state index in [1.54, 1.807) is 0 Å². The Morgan fingerprint density at radius 2 is 1.95 bits per heavy atom. The summed E-state index contributed by atoms with van der Waals surface area (Å²) in [6.07, 6.45) is 0. The van der Waals surface area contributed by atoms with E-state index in [1.807, 2.05) is 13.8 Å². The van der Waals surface area contributed by atoms with Crippen molar-refractivity contribution in [1.29, 1.82) is 0 Å². The van der Waals surface area contributed by atoms with Crippen LogP contribution in [0.25, 0.3) is 0 Å². The molecule has 0 radical (unpaired) electrons. The Hall–Kier alpha value is -1.15. The summed E-state index contributed by atoms with van der Waals surface area (Å²) < 4.78 is 26.8. The van der Waals surface area contributed by atoms with Gasteiger partial charge in [-0.15, -0.1) is 0 Å². The van der Waals surface area contributed by atoms with Gasteiger partial charge in [-0.1, -0.05) is 17.7 Å². The first kappa shape index (κ1) is 17.9. The van der Waals surface area contributed by atoms with Crippen molar-refractivity contribution in [2.75, 3.05) is 26.2 Å². The molecule has 0 fully saturated rings. The molecule has 6 nitrogen and oxygen atoms in total. The molecule has 118 valence electrons. The molecular formula is C13H19ClN2O4S. The van der Waals surface area contributed by atoms with Gasteiger partial charge < -0.3 is 14.8 Å². The van der Waals surface area contributed by atoms with E-state index in [9.17, 15) is 18.3 Å². The number of hydrogen-bond acceptors (Lipinski definition) is 4. The minimum Gasteiger partial charge on any atom is -0.545 e. The number of carbonyl (C=O) groups excluding carboxylic acids is 1. The zero-order valence-electron chi connectivity index (χ0n) is 12.0. The van der Waals surface area contributed by atoms with Crippen LogP contribution in [0.3, 0.4) is 0 Å². The van der Waals surface area contributed by atoms with Gasteiger partial charge in [0.05, 0.1) is 37.2 Å². The lowest BCUT2D eigenvalue weighted by Crippen LogP contribution is -3.12. The molecule has 0 saturated heterocycles. The number of carboxylic acids is 1. The highest BCUT2D eigenvalue weighted by Gasteiger charge is 2.19. The maximum Gasteiger partial charge on any atom is 0.242 e. The average molecular weight is 335 g/mol. The van der Waals surface area contributed by atoms with Gasteiger partial charge in [0.25, 0.3) is 0 Å². The summed E-state index contributed by atoms with van der Waals surface area (Å²) >= 11 is 5.84. The molecule has 1 rings (SSSR count). The highest BCUT2D eigenvalue weighted by atomic mass is 35.5. The molecule has 0 aromatic heterocycles. The Morgan fingerprint density at radius 3 is 2.48 bits per heavy atom. The second-order valence-corrected chi connectivity index (χ2v) is 6.68. The van der Waals surface area contributed by atoms with Gasteiger partial charge in [-0.2, -0.15) is 0 Å². The van der Waals surface area contributed by atoms with E-state index in [0.29, 0.717) is 6.54 Å². The van der Waals surface area contributed by atoms with Crippen LogP contribution < -0.4 is 14.7 Å².